The molecule has 0 aliphatic carbocycles. The smallest absolute Gasteiger partial charge is 0.327 e. The van der Waals surface area contributed by atoms with Gasteiger partial charge in [0.2, 0.25) is 0 Å². The monoisotopic (exact) mass is 306 g/mol. The van der Waals surface area contributed by atoms with Gasteiger partial charge in [-0.25, -0.2) is 4.79 Å². The zero-order valence-corrected chi connectivity index (χ0v) is 13.9. The highest BCUT2D eigenvalue weighted by Gasteiger charge is 2.37. The summed E-state index contributed by atoms with van der Waals surface area (Å²) in [5.74, 6) is -0.866. The third kappa shape index (κ3) is 11.4. The van der Waals surface area contributed by atoms with Crippen molar-refractivity contribution < 1.29 is 29.6 Å². The molecule has 0 saturated carbocycles. The van der Waals surface area contributed by atoms with Crippen LogP contribution in [0.4, 0.5) is 0 Å². The zero-order chi connectivity index (χ0) is 17.2. The van der Waals surface area contributed by atoms with Crippen molar-refractivity contribution in [3.63, 3.8) is 0 Å². The number of rotatable bonds is 5. The Labute approximate surface area is 127 Å². The lowest BCUT2D eigenvalue weighted by Crippen LogP contribution is -2.44. The summed E-state index contributed by atoms with van der Waals surface area (Å²) in [5.41, 5.74) is -0.622. The lowest BCUT2D eigenvalue weighted by atomic mass is 9.80. The number of hydrogen-bond acceptors (Lipinski definition) is 5. The summed E-state index contributed by atoms with van der Waals surface area (Å²) in [6.45, 7) is 13.4. The number of hydrogen-bond donors (Lipinski definition) is 3. The van der Waals surface area contributed by atoms with Gasteiger partial charge in [0.05, 0.1) is 18.8 Å². The number of aliphatic carboxylic acids is 1. The van der Waals surface area contributed by atoms with Gasteiger partial charge in [-0.3, -0.25) is 0 Å². The van der Waals surface area contributed by atoms with Crippen LogP contribution in [0.1, 0.15) is 34.6 Å². The first kappa shape index (κ1) is 22.3. The summed E-state index contributed by atoms with van der Waals surface area (Å²) in [4.78, 5) is 9.25. The quantitative estimate of drug-likeness (QED) is 0.406. The van der Waals surface area contributed by atoms with Crippen LogP contribution >= 0.6 is 0 Å². The minimum absolute atomic E-state index is 0.116. The average molecular weight is 306 g/mol. The van der Waals surface area contributed by atoms with Crippen molar-refractivity contribution in [1.29, 1.82) is 0 Å². The number of carboxylic acids is 1. The van der Waals surface area contributed by atoms with E-state index in [9.17, 15) is 15.0 Å². The Hall–Kier alpha value is -0.950. The number of aliphatic hydroxyl groups is 2. The highest BCUT2D eigenvalue weighted by atomic mass is 16.6. The maximum Gasteiger partial charge on any atom is 0.327 e. The second-order valence-corrected chi connectivity index (χ2v) is 5.78. The van der Waals surface area contributed by atoms with Crippen molar-refractivity contribution in [3.05, 3.63) is 12.7 Å². The fourth-order valence-corrected chi connectivity index (χ4v) is 1.41. The normalized spacial score (nSPS) is 19.4. The number of methoxy groups -OCH3 is 1. The molecule has 1 rings (SSSR count). The van der Waals surface area contributed by atoms with Gasteiger partial charge in [0.15, 0.2) is 6.29 Å². The van der Waals surface area contributed by atoms with Gasteiger partial charge < -0.3 is 24.8 Å². The van der Waals surface area contributed by atoms with Crippen molar-refractivity contribution >= 4 is 5.97 Å². The van der Waals surface area contributed by atoms with Crippen LogP contribution in [0.15, 0.2) is 12.7 Å². The van der Waals surface area contributed by atoms with E-state index in [0.29, 0.717) is 6.10 Å². The van der Waals surface area contributed by atoms with Crippen molar-refractivity contribution in [2.45, 2.75) is 53.1 Å². The van der Waals surface area contributed by atoms with Crippen molar-refractivity contribution in [2.75, 3.05) is 13.7 Å². The molecule has 126 valence electrons. The van der Waals surface area contributed by atoms with Gasteiger partial charge in [0, 0.05) is 18.6 Å². The molecule has 0 aromatic heterocycles. The van der Waals surface area contributed by atoms with Crippen LogP contribution < -0.4 is 0 Å². The summed E-state index contributed by atoms with van der Waals surface area (Å²) < 4.78 is 9.49. The van der Waals surface area contributed by atoms with Crippen LogP contribution in [-0.2, 0) is 14.3 Å². The third-order valence-corrected chi connectivity index (χ3v) is 2.93. The van der Waals surface area contributed by atoms with Crippen LogP contribution in [0.25, 0.3) is 0 Å². The van der Waals surface area contributed by atoms with Crippen molar-refractivity contribution in [1.82, 2.24) is 0 Å². The van der Waals surface area contributed by atoms with Gasteiger partial charge in [0.25, 0.3) is 0 Å². The van der Waals surface area contributed by atoms with E-state index in [-0.39, 0.29) is 5.92 Å². The minimum Gasteiger partial charge on any atom is -0.478 e. The molecule has 21 heavy (non-hydrogen) atoms. The molecule has 0 aromatic rings. The first-order valence-electron chi connectivity index (χ1n) is 6.86. The molecule has 3 unspecified atom stereocenters. The maximum absolute atomic E-state index is 9.72. The fraction of sp³-hybridized carbons (Fsp3) is 0.800. The number of carboxylic acid groups (broad SMARTS) is 1. The Kier molecular flexibility index (Phi) is 11.4. The molecule has 0 aromatic carbocycles. The second-order valence-electron chi connectivity index (χ2n) is 5.78. The van der Waals surface area contributed by atoms with Gasteiger partial charge in [-0.15, -0.1) is 0 Å². The Balaban J connectivity index is 0. The van der Waals surface area contributed by atoms with Crippen LogP contribution in [0, 0.1) is 11.3 Å². The van der Waals surface area contributed by atoms with E-state index >= 15 is 0 Å². The van der Waals surface area contributed by atoms with Gasteiger partial charge in [-0.2, -0.15) is 0 Å². The van der Waals surface area contributed by atoms with Crippen LogP contribution in [0.2, 0.25) is 0 Å². The largest absolute Gasteiger partial charge is 0.478 e. The Morgan fingerprint density at radius 3 is 1.90 bits per heavy atom. The molecule has 0 radical (unpaired) electrons. The molecule has 3 atom stereocenters. The Morgan fingerprint density at radius 2 is 1.76 bits per heavy atom. The van der Waals surface area contributed by atoms with Crippen LogP contribution in [0.5, 0.6) is 0 Å². The highest BCUT2D eigenvalue weighted by molar-refractivity contribution is 5.78. The lowest BCUT2D eigenvalue weighted by Gasteiger charge is -2.36. The van der Waals surface area contributed by atoms with E-state index in [2.05, 4.69) is 13.5 Å². The van der Waals surface area contributed by atoms with Crippen molar-refractivity contribution in [2.24, 2.45) is 11.3 Å². The average Bonchev–Trinajstić information content (AvgIpc) is 3.20. The third-order valence-electron chi connectivity index (χ3n) is 2.93. The summed E-state index contributed by atoms with van der Waals surface area (Å²) in [6.07, 6.45) is -0.0673. The van der Waals surface area contributed by atoms with E-state index < -0.39 is 23.8 Å². The number of ether oxygens (including phenoxy) is 2. The van der Waals surface area contributed by atoms with E-state index in [1.54, 1.807) is 13.8 Å². The van der Waals surface area contributed by atoms with Crippen LogP contribution in [0.3, 0.4) is 0 Å². The molecule has 0 bridgehead atoms. The highest BCUT2D eigenvalue weighted by Crippen LogP contribution is 2.30. The van der Waals surface area contributed by atoms with Gasteiger partial charge in [-0.05, 0) is 12.8 Å². The molecule has 1 saturated heterocycles. The molecular formula is C15H30O6. The summed E-state index contributed by atoms with van der Waals surface area (Å²) in [6, 6.07) is 0. The Bertz CT molecular complexity index is 297. The van der Waals surface area contributed by atoms with E-state index in [1.807, 2.05) is 13.8 Å². The second kappa shape index (κ2) is 10.7. The number of carbonyl (C=O) groups is 1. The summed E-state index contributed by atoms with van der Waals surface area (Å²) in [5, 5.41) is 26.7. The molecule has 1 aliphatic rings. The summed E-state index contributed by atoms with van der Waals surface area (Å²) >= 11 is 0. The van der Waals surface area contributed by atoms with Gasteiger partial charge >= 0.3 is 5.97 Å². The SMILES string of the molecule is C=CC(=O)O.CC1CO1.COC(O)C(C)(C)C(O)C(C)C. The molecule has 6 heteroatoms. The molecule has 1 heterocycles. The lowest BCUT2D eigenvalue weighted by molar-refractivity contribution is -0.187. The van der Waals surface area contributed by atoms with E-state index in [0.717, 1.165) is 12.7 Å². The fourth-order valence-electron chi connectivity index (χ4n) is 1.41. The molecule has 3 N–H and O–H groups in total. The predicted molar refractivity (Wildman–Crippen MR) is 80.9 cm³/mol. The number of epoxide rings is 1. The molecule has 6 nitrogen and oxygen atoms in total. The van der Waals surface area contributed by atoms with Crippen LogP contribution in [-0.4, -0.2) is 53.5 Å². The van der Waals surface area contributed by atoms with Crippen molar-refractivity contribution in [3.8, 4) is 0 Å². The molecule has 0 spiro atoms. The van der Waals surface area contributed by atoms with Gasteiger partial charge in [-0.1, -0.05) is 34.3 Å². The first-order valence-corrected chi connectivity index (χ1v) is 6.86. The topological polar surface area (TPSA) is 99.5 Å². The Morgan fingerprint density at radius 1 is 1.43 bits per heavy atom. The standard InChI is InChI=1S/C9H20O3.C3H4O2.C3H6O/c1-6(2)7(10)9(3,4)8(11)12-5;1-2-3(4)5;1-3-2-4-3/h6-8,10-11H,1-5H3;2H,1H2,(H,4,5);3H,2H2,1H3. The van der Waals surface area contributed by atoms with E-state index in [4.69, 9.17) is 14.6 Å². The molecule has 1 fully saturated rings. The minimum atomic E-state index is -0.981. The van der Waals surface area contributed by atoms with E-state index in [1.165, 1.54) is 7.11 Å². The molecule has 0 amide bonds. The molecule has 1 aliphatic heterocycles. The predicted octanol–water partition coefficient (Wildman–Crippen LogP) is 1.66. The maximum atomic E-state index is 9.72. The summed E-state index contributed by atoms with van der Waals surface area (Å²) in [7, 11) is 1.43. The molecular weight excluding hydrogens is 276 g/mol. The van der Waals surface area contributed by atoms with Gasteiger partial charge in [0.1, 0.15) is 0 Å². The number of aliphatic hydroxyl groups excluding tert-OH is 2. The zero-order valence-electron chi connectivity index (χ0n) is 13.9. The first-order chi connectivity index (χ1) is 9.50.